The Morgan fingerprint density at radius 1 is 0.688 bits per heavy atom. The number of carbonyl (C=O) groups is 2. The molecule has 5 rings (SSSR count). The Hall–Kier alpha value is -4.09. The maximum Gasteiger partial charge on any atom is 0.257 e. The number of nitrogens with zero attached hydrogens (tertiary/aromatic N) is 1. The first-order chi connectivity index (χ1) is 15.7. The summed E-state index contributed by atoms with van der Waals surface area (Å²) < 4.78 is 0. The molecule has 0 saturated heterocycles. The molecule has 5 heteroatoms. The van der Waals surface area contributed by atoms with Gasteiger partial charge < -0.3 is 0 Å². The van der Waals surface area contributed by atoms with Gasteiger partial charge in [0, 0.05) is 16.7 Å². The fraction of sp³-hybridized carbons (Fsp3) is 0. The van der Waals surface area contributed by atoms with E-state index >= 15 is 0 Å². The molecule has 0 aliphatic rings. The number of ketones is 1. The van der Waals surface area contributed by atoms with E-state index in [1.165, 1.54) is 11.3 Å². The lowest BCUT2D eigenvalue weighted by molar-refractivity contribution is 0.102. The van der Waals surface area contributed by atoms with E-state index in [4.69, 9.17) is 0 Å². The summed E-state index contributed by atoms with van der Waals surface area (Å²) >= 11 is 1.19. The van der Waals surface area contributed by atoms with E-state index in [-0.39, 0.29) is 11.7 Å². The van der Waals surface area contributed by atoms with Crippen molar-refractivity contribution in [3.8, 4) is 11.3 Å². The second kappa shape index (κ2) is 8.57. The van der Waals surface area contributed by atoms with E-state index in [1.807, 2.05) is 84.9 Å². The third kappa shape index (κ3) is 3.94. The number of carbonyl (C=O) groups excluding carboxylic acids is 2. The van der Waals surface area contributed by atoms with Gasteiger partial charge in [-0.15, -0.1) is 0 Å². The van der Waals surface area contributed by atoms with Crippen LogP contribution in [-0.4, -0.2) is 16.7 Å². The molecule has 0 aliphatic carbocycles. The first-order valence-electron chi connectivity index (χ1n) is 10.2. The monoisotopic (exact) mass is 434 g/mol. The lowest BCUT2D eigenvalue weighted by atomic mass is 10.1. The van der Waals surface area contributed by atoms with Crippen molar-refractivity contribution in [1.29, 1.82) is 0 Å². The van der Waals surface area contributed by atoms with Crippen molar-refractivity contribution in [3.05, 3.63) is 119 Å². The predicted molar refractivity (Wildman–Crippen MR) is 129 cm³/mol. The van der Waals surface area contributed by atoms with Crippen molar-refractivity contribution in [1.82, 2.24) is 4.98 Å². The molecule has 1 heterocycles. The second-order valence-electron chi connectivity index (χ2n) is 7.27. The highest BCUT2D eigenvalue weighted by atomic mass is 32.1. The molecule has 0 atom stereocenters. The number of rotatable bonds is 5. The smallest absolute Gasteiger partial charge is 0.257 e. The number of anilines is 1. The van der Waals surface area contributed by atoms with Crippen LogP contribution >= 0.6 is 11.3 Å². The molecular formula is C27H18N2O2S. The van der Waals surface area contributed by atoms with Gasteiger partial charge in [0.2, 0.25) is 5.78 Å². The average Bonchev–Trinajstić information content (AvgIpc) is 3.28. The maximum atomic E-state index is 13.2. The van der Waals surface area contributed by atoms with Gasteiger partial charge in [0.25, 0.3) is 5.91 Å². The van der Waals surface area contributed by atoms with E-state index in [0.717, 1.165) is 16.3 Å². The summed E-state index contributed by atoms with van der Waals surface area (Å²) in [5, 5.41) is 5.33. The van der Waals surface area contributed by atoms with Crippen LogP contribution in [0.15, 0.2) is 103 Å². The normalized spacial score (nSPS) is 10.8. The summed E-state index contributed by atoms with van der Waals surface area (Å²) in [5.41, 5.74) is 2.52. The van der Waals surface area contributed by atoms with Gasteiger partial charge in [0.15, 0.2) is 5.13 Å². The topological polar surface area (TPSA) is 59.1 Å². The van der Waals surface area contributed by atoms with Crippen molar-refractivity contribution < 1.29 is 9.59 Å². The van der Waals surface area contributed by atoms with Crippen molar-refractivity contribution in [2.75, 3.05) is 5.32 Å². The molecule has 0 unspecified atom stereocenters. The first kappa shape index (κ1) is 19.8. The Morgan fingerprint density at radius 2 is 1.34 bits per heavy atom. The largest absolute Gasteiger partial charge is 0.298 e. The highest BCUT2D eigenvalue weighted by Crippen LogP contribution is 2.33. The zero-order chi connectivity index (χ0) is 21.9. The molecule has 5 aromatic rings. The summed E-state index contributed by atoms with van der Waals surface area (Å²) in [6, 6.07) is 32.1. The molecule has 0 aliphatic heterocycles. The number of fused-ring (bicyclic) bond motifs is 1. The highest BCUT2D eigenvalue weighted by molar-refractivity contribution is 7.18. The van der Waals surface area contributed by atoms with Gasteiger partial charge >= 0.3 is 0 Å². The minimum Gasteiger partial charge on any atom is -0.298 e. The van der Waals surface area contributed by atoms with Crippen molar-refractivity contribution in [3.63, 3.8) is 0 Å². The van der Waals surface area contributed by atoms with Gasteiger partial charge in [0.1, 0.15) is 4.88 Å². The molecule has 0 spiro atoms. The SMILES string of the molecule is O=C(Nc1nc(-c2ccccc2)c(C(=O)c2ccccc2)s1)c1ccc2ccccc2c1. The zero-order valence-electron chi connectivity index (χ0n) is 17.0. The van der Waals surface area contributed by atoms with Crippen LogP contribution in [-0.2, 0) is 0 Å². The molecule has 32 heavy (non-hydrogen) atoms. The Kier molecular flexibility index (Phi) is 5.32. The number of aromatic nitrogens is 1. The molecule has 1 amide bonds. The van der Waals surface area contributed by atoms with Gasteiger partial charge in [-0.3, -0.25) is 14.9 Å². The standard InChI is InChI=1S/C27H18N2O2S/c30-24(20-12-5-2-6-13-20)25-23(19-10-3-1-4-11-19)28-27(32-25)29-26(31)22-16-15-18-9-7-8-14-21(18)17-22/h1-17H,(H,28,29,31). The van der Waals surface area contributed by atoms with E-state index in [2.05, 4.69) is 10.3 Å². The fourth-order valence-electron chi connectivity index (χ4n) is 3.54. The van der Waals surface area contributed by atoms with Crippen LogP contribution in [0, 0.1) is 0 Å². The summed E-state index contributed by atoms with van der Waals surface area (Å²) in [7, 11) is 0. The van der Waals surface area contributed by atoms with Gasteiger partial charge in [0.05, 0.1) is 5.69 Å². The molecule has 0 radical (unpaired) electrons. The molecule has 1 aromatic heterocycles. The number of hydrogen-bond donors (Lipinski definition) is 1. The Labute approximate surface area is 189 Å². The zero-order valence-corrected chi connectivity index (χ0v) is 17.8. The lowest BCUT2D eigenvalue weighted by Gasteiger charge is -2.03. The van der Waals surface area contributed by atoms with Crippen LogP contribution in [0.4, 0.5) is 5.13 Å². The lowest BCUT2D eigenvalue weighted by Crippen LogP contribution is -2.11. The molecule has 154 valence electrons. The van der Waals surface area contributed by atoms with E-state index in [0.29, 0.717) is 26.8 Å². The summed E-state index contributed by atoms with van der Waals surface area (Å²) in [6.45, 7) is 0. The maximum absolute atomic E-state index is 13.2. The minimum atomic E-state index is -0.261. The van der Waals surface area contributed by atoms with Crippen LogP contribution < -0.4 is 5.32 Å². The summed E-state index contributed by atoms with van der Waals surface area (Å²) in [6.07, 6.45) is 0. The molecule has 4 nitrogen and oxygen atoms in total. The summed E-state index contributed by atoms with van der Waals surface area (Å²) in [5.74, 6) is -0.379. The predicted octanol–water partition coefficient (Wildman–Crippen LogP) is 6.45. The molecule has 0 fully saturated rings. The number of amides is 1. The van der Waals surface area contributed by atoms with E-state index < -0.39 is 0 Å². The Bertz CT molecular complexity index is 1430. The number of thiazole rings is 1. The van der Waals surface area contributed by atoms with Crippen LogP contribution in [0.5, 0.6) is 0 Å². The van der Waals surface area contributed by atoms with Crippen LogP contribution in [0.1, 0.15) is 25.6 Å². The molecule has 1 N–H and O–H groups in total. The third-order valence-corrected chi connectivity index (χ3v) is 6.12. The third-order valence-electron chi connectivity index (χ3n) is 5.15. The Morgan fingerprint density at radius 3 is 2.09 bits per heavy atom. The summed E-state index contributed by atoms with van der Waals surface area (Å²) in [4.78, 5) is 31.3. The highest BCUT2D eigenvalue weighted by Gasteiger charge is 2.22. The van der Waals surface area contributed by atoms with Gasteiger partial charge in [-0.1, -0.05) is 102 Å². The number of nitrogens with one attached hydrogen (secondary N) is 1. The molecular weight excluding hydrogens is 416 g/mol. The molecule has 0 bridgehead atoms. The quantitative estimate of drug-likeness (QED) is 0.324. The van der Waals surface area contributed by atoms with Crippen molar-refractivity contribution in [2.45, 2.75) is 0 Å². The fourth-order valence-corrected chi connectivity index (χ4v) is 4.48. The average molecular weight is 435 g/mol. The van der Waals surface area contributed by atoms with E-state index in [9.17, 15) is 9.59 Å². The minimum absolute atomic E-state index is 0.117. The van der Waals surface area contributed by atoms with Crippen LogP contribution in [0.3, 0.4) is 0 Å². The molecule has 4 aromatic carbocycles. The van der Waals surface area contributed by atoms with Gasteiger partial charge in [-0.05, 0) is 22.9 Å². The Balaban J connectivity index is 1.50. The van der Waals surface area contributed by atoms with Crippen molar-refractivity contribution in [2.24, 2.45) is 0 Å². The van der Waals surface area contributed by atoms with E-state index in [1.54, 1.807) is 18.2 Å². The van der Waals surface area contributed by atoms with Crippen LogP contribution in [0.2, 0.25) is 0 Å². The molecule has 0 saturated carbocycles. The van der Waals surface area contributed by atoms with Crippen LogP contribution in [0.25, 0.3) is 22.0 Å². The first-order valence-corrected chi connectivity index (χ1v) is 11.0. The van der Waals surface area contributed by atoms with Gasteiger partial charge in [-0.2, -0.15) is 0 Å². The second-order valence-corrected chi connectivity index (χ2v) is 8.27. The number of benzene rings is 4. The van der Waals surface area contributed by atoms with Crippen molar-refractivity contribution >= 4 is 38.9 Å². The number of hydrogen-bond acceptors (Lipinski definition) is 4. The van der Waals surface area contributed by atoms with Gasteiger partial charge in [-0.25, -0.2) is 4.98 Å².